The number of nitrogens with zero attached hydrogens (tertiary/aromatic N) is 2. The van der Waals surface area contributed by atoms with Crippen LogP contribution in [0.3, 0.4) is 0 Å². The zero-order valence-corrected chi connectivity index (χ0v) is 13.1. The van der Waals surface area contributed by atoms with Crippen molar-refractivity contribution in [3.05, 3.63) is 71.5 Å². The highest BCUT2D eigenvalue weighted by molar-refractivity contribution is 5.99. The summed E-state index contributed by atoms with van der Waals surface area (Å²) < 4.78 is 15.2. The fourth-order valence-corrected chi connectivity index (χ4v) is 2.50. The summed E-state index contributed by atoms with van der Waals surface area (Å²) >= 11 is 0. The van der Waals surface area contributed by atoms with Gasteiger partial charge >= 0.3 is 5.96 Å². The van der Waals surface area contributed by atoms with Gasteiger partial charge < -0.3 is 0 Å². The Hall–Kier alpha value is -2.69. The van der Waals surface area contributed by atoms with Crippen LogP contribution in [-0.2, 0) is 6.54 Å². The van der Waals surface area contributed by atoms with Gasteiger partial charge in [-0.2, -0.15) is 5.43 Å². The van der Waals surface area contributed by atoms with Gasteiger partial charge in [-0.1, -0.05) is 42.5 Å². The summed E-state index contributed by atoms with van der Waals surface area (Å²) in [5.41, 5.74) is 6.06. The second-order valence-electron chi connectivity index (χ2n) is 5.50. The van der Waals surface area contributed by atoms with E-state index >= 15 is 0 Å². The number of hydrazone groups is 1. The molecule has 2 aromatic rings. The average molecular weight is 311 g/mol. The predicted octanol–water partition coefficient (Wildman–Crippen LogP) is 2.31. The minimum atomic E-state index is -0.240. The normalized spacial score (nSPS) is 14.8. The second kappa shape index (κ2) is 7.05. The maximum atomic E-state index is 13.0. The van der Waals surface area contributed by atoms with Crippen molar-refractivity contribution in [2.45, 2.75) is 13.5 Å². The van der Waals surface area contributed by atoms with Crippen molar-refractivity contribution >= 4 is 11.7 Å². The van der Waals surface area contributed by atoms with Crippen LogP contribution in [0.4, 0.5) is 4.39 Å². The molecule has 0 aromatic heterocycles. The molecule has 0 fully saturated rings. The number of hydrogen-bond donors (Lipinski definition) is 2. The molecule has 0 aliphatic carbocycles. The average Bonchev–Trinajstić information content (AvgIpc) is 3.01. The number of halogens is 1. The van der Waals surface area contributed by atoms with Gasteiger partial charge in [-0.05, 0) is 30.2 Å². The van der Waals surface area contributed by atoms with Crippen molar-refractivity contribution in [2.75, 3.05) is 13.1 Å². The van der Waals surface area contributed by atoms with Crippen LogP contribution >= 0.6 is 0 Å². The molecule has 1 aliphatic rings. The highest BCUT2D eigenvalue weighted by atomic mass is 19.1. The Kier molecular flexibility index (Phi) is 4.66. The SMILES string of the molecule is C/C(=N\NC1=[N+](Cc2ccccc2)CCN1)c1ccc(F)cc1. The van der Waals surface area contributed by atoms with Crippen LogP contribution in [-0.4, -0.2) is 29.3 Å². The van der Waals surface area contributed by atoms with E-state index in [0.717, 1.165) is 36.9 Å². The summed E-state index contributed by atoms with van der Waals surface area (Å²) in [6.45, 7) is 4.56. The summed E-state index contributed by atoms with van der Waals surface area (Å²) in [4.78, 5) is 0. The molecule has 0 unspecified atom stereocenters. The number of guanidine groups is 1. The summed E-state index contributed by atoms with van der Waals surface area (Å²) in [5, 5.41) is 7.71. The van der Waals surface area contributed by atoms with Crippen LogP contribution in [0.2, 0.25) is 0 Å². The van der Waals surface area contributed by atoms with Crippen molar-refractivity contribution in [1.82, 2.24) is 10.7 Å². The van der Waals surface area contributed by atoms with E-state index in [1.165, 1.54) is 17.7 Å². The van der Waals surface area contributed by atoms with Gasteiger partial charge in [0.25, 0.3) is 0 Å². The van der Waals surface area contributed by atoms with Gasteiger partial charge in [0.1, 0.15) is 5.82 Å². The van der Waals surface area contributed by atoms with Crippen LogP contribution in [0.15, 0.2) is 59.7 Å². The number of rotatable bonds is 4. The zero-order valence-electron chi connectivity index (χ0n) is 13.1. The predicted molar refractivity (Wildman–Crippen MR) is 90.0 cm³/mol. The number of benzene rings is 2. The lowest BCUT2D eigenvalue weighted by molar-refractivity contribution is -0.536. The Morgan fingerprint density at radius 2 is 1.91 bits per heavy atom. The van der Waals surface area contributed by atoms with Crippen molar-refractivity contribution in [1.29, 1.82) is 0 Å². The quantitative estimate of drug-likeness (QED) is 0.517. The van der Waals surface area contributed by atoms with Gasteiger partial charge in [-0.15, -0.1) is 5.10 Å². The van der Waals surface area contributed by atoms with E-state index in [-0.39, 0.29) is 5.82 Å². The van der Waals surface area contributed by atoms with E-state index in [1.54, 1.807) is 12.1 Å². The maximum Gasteiger partial charge on any atom is 0.370 e. The number of nitrogens with one attached hydrogen (secondary N) is 2. The van der Waals surface area contributed by atoms with E-state index in [2.05, 4.69) is 32.6 Å². The largest absolute Gasteiger partial charge is 0.370 e. The van der Waals surface area contributed by atoms with E-state index in [9.17, 15) is 4.39 Å². The molecule has 5 heteroatoms. The molecule has 0 atom stereocenters. The molecule has 0 saturated heterocycles. The molecule has 0 bridgehead atoms. The molecule has 0 amide bonds. The van der Waals surface area contributed by atoms with Gasteiger partial charge in [0.05, 0.1) is 25.3 Å². The fourth-order valence-electron chi connectivity index (χ4n) is 2.50. The standard InChI is InChI=1S/C18H19FN4/c1-14(16-7-9-17(19)10-8-16)21-22-18-20-11-12-23(18)13-15-5-3-2-4-6-15/h2-10H,11-13H2,1H3,(H,20,22)/p+1/b21-14+. The molecular weight excluding hydrogens is 291 g/mol. The molecule has 1 heterocycles. The molecule has 0 radical (unpaired) electrons. The Morgan fingerprint density at radius 1 is 1.17 bits per heavy atom. The Labute approximate surface area is 135 Å². The highest BCUT2D eigenvalue weighted by Crippen LogP contribution is 2.04. The van der Waals surface area contributed by atoms with Crippen LogP contribution < -0.4 is 10.7 Å². The highest BCUT2D eigenvalue weighted by Gasteiger charge is 2.19. The second-order valence-corrected chi connectivity index (χ2v) is 5.50. The Bertz CT molecular complexity index is 720. The van der Waals surface area contributed by atoms with Gasteiger partial charge in [-0.25, -0.2) is 4.39 Å². The molecule has 1 aliphatic heterocycles. The summed E-state index contributed by atoms with van der Waals surface area (Å²) in [6.07, 6.45) is 0. The minimum absolute atomic E-state index is 0.240. The molecule has 0 spiro atoms. The third kappa shape index (κ3) is 3.94. The van der Waals surface area contributed by atoms with Crippen LogP contribution in [0.25, 0.3) is 0 Å². The zero-order chi connectivity index (χ0) is 16.1. The first kappa shape index (κ1) is 15.2. The topological polar surface area (TPSA) is 39.4 Å². The van der Waals surface area contributed by atoms with E-state index in [4.69, 9.17) is 0 Å². The molecule has 2 N–H and O–H groups in total. The Balaban J connectivity index is 1.71. The summed E-state index contributed by atoms with van der Waals surface area (Å²) in [7, 11) is 0. The van der Waals surface area contributed by atoms with Gasteiger partial charge in [0.15, 0.2) is 0 Å². The first-order chi connectivity index (χ1) is 11.2. The molecule has 0 saturated carbocycles. The first-order valence-corrected chi connectivity index (χ1v) is 7.68. The van der Waals surface area contributed by atoms with Gasteiger partial charge in [-0.3, -0.25) is 9.89 Å². The fraction of sp³-hybridized carbons (Fsp3) is 0.222. The van der Waals surface area contributed by atoms with Gasteiger partial charge in [0, 0.05) is 0 Å². The summed E-state index contributed by atoms with van der Waals surface area (Å²) in [5.74, 6) is 0.658. The van der Waals surface area contributed by atoms with E-state index in [0.29, 0.717) is 0 Å². The third-order valence-electron chi connectivity index (χ3n) is 3.80. The van der Waals surface area contributed by atoms with Crippen molar-refractivity contribution < 1.29 is 8.97 Å². The molecule has 2 aromatic carbocycles. The first-order valence-electron chi connectivity index (χ1n) is 7.68. The van der Waals surface area contributed by atoms with Gasteiger partial charge in [0.2, 0.25) is 0 Å². The van der Waals surface area contributed by atoms with E-state index in [1.807, 2.05) is 25.1 Å². The lowest BCUT2D eigenvalue weighted by Crippen LogP contribution is -2.35. The Morgan fingerprint density at radius 3 is 2.65 bits per heavy atom. The van der Waals surface area contributed by atoms with Crippen LogP contribution in [0.5, 0.6) is 0 Å². The monoisotopic (exact) mass is 311 g/mol. The third-order valence-corrected chi connectivity index (χ3v) is 3.80. The van der Waals surface area contributed by atoms with Crippen molar-refractivity contribution in [2.24, 2.45) is 5.10 Å². The van der Waals surface area contributed by atoms with Crippen LogP contribution in [0, 0.1) is 5.82 Å². The van der Waals surface area contributed by atoms with E-state index < -0.39 is 0 Å². The molecule has 118 valence electrons. The molecule has 4 nitrogen and oxygen atoms in total. The van der Waals surface area contributed by atoms with Crippen molar-refractivity contribution in [3.8, 4) is 0 Å². The maximum absolute atomic E-state index is 13.0. The number of hydrogen-bond acceptors (Lipinski definition) is 3. The lowest BCUT2D eigenvalue weighted by Gasteiger charge is -2.05. The smallest absolute Gasteiger partial charge is 0.273 e. The van der Waals surface area contributed by atoms with Crippen molar-refractivity contribution in [3.63, 3.8) is 0 Å². The minimum Gasteiger partial charge on any atom is -0.273 e. The molecule has 3 rings (SSSR count). The lowest BCUT2D eigenvalue weighted by atomic mass is 10.1. The summed E-state index contributed by atoms with van der Waals surface area (Å²) in [6, 6.07) is 16.7. The molecular formula is C18H20FN4+. The molecule has 23 heavy (non-hydrogen) atoms. The van der Waals surface area contributed by atoms with Crippen LogP contribution in [0.1, 0.15) is 18.1 Å².